The third-order valence-corrected chi connectivity index (χ3v) is 4.92. The summed E-state index contributed by atoms with van der Waals surface area (Å²) in [7, 11) is 0. The Bertz CT molecular complexity index is 846. The van der Waals surface area contributed by atoms with Crippen molar-refractivity contribution in [1.29, 1.82) is 0 Å². The van der Waals surface area contributed by atoms with Crippen molar-refractivity contribution < 1.29 is 4.79 Å². The SMILES string of the molecule is O=C1/C(=C\c2ccc(Cl)cc2)SC(=S)N1N=Cc1ccc(Cl)cc1. The van der Waals surface area contributed by atoms with Gasteiger partial charge in [0, 0.05) is 10.0 Å². The number of halogens is 2. The molecule has 0 bridgehead atoms. The van der Waals surface area contributed by atoms with Gasteiger partial charge in [-0.1, -0.05) is 59.2 Å². The standard InChI is InChI=1S/C17H10Cl2N2OS2/c18-13-5-1-11(2-6-13)9-15-16(22)21(17(23)24-15)20-10-12-3-7-14(19)8-4-12/h1-10H/b15-9+,20-10?. The molecule has 0 unspecified atom stereocenters. The molecule has 3 rings (SSSR count). The molecular weight excluding hydrogens is 383 g/mol. The average Bonchev–Trinajstić information content (AvgIpc) is 2.83. The van der Waals surface area contributed by atoms with Crippen molar-refractivity contribution in [3.8, 4) is 0 Å². The average molecular weight is 393 g/mol. The molecule has 0 N–H and O–H groups in total. The van der Waals surface area contributed by atoms with Crippen LogP contribution in [-0.2, 0) is 4.79 Å². The highest BCUT2D eigenvalue weighted by atomic mass is 35.5. The Morgan fingerprint density at radius 2 is 1.50 bits per heavy atom. The molecule has 1 saturated heterocycles. The minimum absolute atomic E-state index is 0.245. The van der Waals surface area contributed by atoms with Crippen LogP contribution < -0.4 is 0 Å². The summed E-state index contributed by atoms with van der Waals surface area (Å²) < 4.78 is 0.394. The number of hydrogen-bond acceptors (Lipinski definition) is 4. The van der Waals surface area contributed by atoms with Crippen LogP contribution in [0.3, 0.4) is 0 Å². The van der Waals surface area contributed by atoms with E-state index in [0.717, 1.165) is 11.1 Å². The number of thiocarbonyl (C=S) groups is 1. The number of carbonyl (C=O) groups excluding carboxylic acids is 1. The fourth-order valence-electron chi connectivity index (χ4n) is 1.94. The van der Waals surface area contributed by atoms with E-state index in [4.69, 9.17) is 35.4 Å². The minimum atomic E-state index is -0.245. The van der Waals surface area contributed by atoms with Crippen LogP contribution in [0.1, 0.15) is 11.1 Å². The first kappa shape index (κ1) is 17.2. The maximum atomic E-state index is 12.5. The van der Waals surface area contributed by atoms with E-state index >= 15 is 0 Å². The number of carbonyl (C=O) groups is 1. The lowest BCUT2D eigenvalue weighted by Crippen LogP contribution is -2.22. The zero-order valence-electron chi connectivity index (χ0n) is 12.1. The summed E-state index contributed by atoms with van der Waals surface area (Å²) in [6.45, 7) is 0. The molecular formula is C17H10Cl2N2OS2. The van der Waals surface area contributed by atoms with Crippen LogP contribution in [0.2, 0.25) is 10.0 Å². The van der Waals surface area contributed by atoms with Crippen LogP contribution in [0.4, 0.5) is 0 Å². The third-order valence-electron chi connectivity index (χ3n) is 3.13. The first-order valence-electron chi connectivity index (χ1n) is 6.86. The predicted octanol–water partition coefficient (Wildman–Crippen LogP) is 5.23. The van der Waals surface area contributed by atoms with E-state index in [2.05, 4.69) is 5.10 Å². The van der Waals surface area contributed by atoms with Gasteiger partial charge in [-0.05, 0) is 53.7 Å². The molecule has 2 aromatic carbocycles. The fourth-order valence-corrected chi connectivity index (χ4v) is 3.37. The van der Waals surface area contributed by atoms with E-state index in [-0.39, 0.29) is 5.91 Å². The van der Waals surface area contributed by atoms with Gasteiger partial charge in [0.05, 0.1) is 11.1 Å². The van der Waals surface area contributed by atoms with E-state index in [9.17, 15) is 4.79 Å². The first-order valence-corrected chi connectivity index (χ1v) is 8.84. The van der Waals surface area contributed by atoms with Crippen molar-refractivity contribution in [3.63, 3.8) is 0 Å². The van der Waals surface area contributed by atoms with Crippen molar-refractivity contribution in [1.82, 2.24) is 5.01 Å². The summed E-state index contributed by atoms with van der Waals surface area (Å²) in [5.74, 6) is -0.245. The normalized spacial score (nSPS) is 16.6. The lowest BCUT2D eigenvalue weighted by atomic mass is 10.2. The molecule has 120 valence electrons. The van der Waals surface area contributed by atoms with Gasteiger partial charge < -0.3 is 0 Å². The summed E-state index contributed by atoms with van der Waals surface area (Å²) in [6, 6.07) is 14.4. The van der Waals surface area contributed by atoms with Gasteiger partial charge in [-0.2, -0.15) is 10.1 Å². The van der Waals surface area contributed by atoms with Crippen LogP contribution in [-0.4, -0.2) is 21.5 Å². The smallest absolute Gasteiger partial charge is 0.266 e. The van der Waals surface area contributed by atoms with Crippen LogP contribution in [0.5, 0.6) is 0 Å². The summed E-state index contributed by atoms with van der Waals surface area (Å²) in [4.78, 5) is 13.0. The molecule has 1 aliphatic rings. The maximum Gasteiger partial charge on any atom is 0.286 e. The summed E-state index contributed by atoms with van der Waals surface area (Å²) in [5, 5.41) is 6.69. The van der Waals surface area contributed by atoms with Crippen molar-refractivity contribution in [3.05, 3.63) is 74.6 Å². The topological polar surface area (TPSA) is 32.7 Å². The second kappa shape index (κ2) is 7.49. The summed E-state index contributed by atoms with van der Waals surface area (Å²) in [6.07, 6.45) is 3.35. The van der Waals surface area contributed by atoms with Crippen LogP contribution >= 0.6 is 47.2 Å². The monoisotopic (exact) mass is 392 g/mol. The highest BCUT2D eigenvalue weighted by molar-refractivity contribution is 8.26. The van der Waals surface area contributed by atoms with Crippen LogP contribution in [0.15, 0.2) is 58.5 Å². The molecule has 3 nitrogen and oxygen atoms in total. The predicted molar refractivity (Wildman–Crippen MR) is 106 cm³/mol. The van der Waals surface area contributed by atoms with E-state index in [1.54, 1.807) is 36.6 Å². The molecule has 7 heteroatoms. The minimum Gasteiger partial charge on any atom is -0.266 e. The first-order chi connectivity index (χ1) is 11.5. The highest BCUT2D eigenvalue weighted by Crippen LogP contribution is 2.32. The Balaban J connectivity index is 1.78. The van der Waals surface area contributed by atoms with Gasteiger partial charge in [-0.25, -0.2) is 0 Å². The molecule has 2 aromatic rings. The molecule has 1 aliphatic heterocycles. The fraction of sp³-hybridized carbons (Fsp3) is 0. The van der Waals surface area contributed by atoms with Crippen molar-refractivity contribution in [2.75, 3.05) is 0 Å². The van der Waals surface area contributed by atoms with Crippen molar-refractivity contribution >= 4 is 69.7 Å². The Morgan fingerprint density at radius 3 is 2.08 bits per heavy atom. The molecule has 0 spiro atoms. The molecule has 0 aromatic heterocycles. The third kappa shape index (κ3) is 4.05. The largest absolute Gasteiger partial charge is 0.286 e. The molecule has 0 saturated carbocycles. The molecule has 1 fully saturated rings. The van der Waals surface area contributed by atoms with E-state index < -0.39 is 0 Å². The van der Waals surface area contributed by atoms with E-state index in [0.29, 0.717) is 19.3 Å². The Labute approximate surface area is 158 Å². The number of hydrazone groups is 1. The molecule has 1 amide bonds. The van der Waals surface area contributed by atoms with Crippen LogP contribution in [0, 0.1) is 0 Å². The molecule has 0 radical (unpaired) electrons. The highest BCUT2D eigenvalue weighted by Gasteiger charge is 2.31. The molecule has 0 aliphatic carbocycles. The Morgan fingerprint density at radius 1 is 0.958 bits per heavy atom. The van der Waals surface area contributed by atoms with Gasteiger partial charge in [0.1, 0.15) is 0 Å². The Hall–Kier alpha value is -1.66. The van der Waals surface area contributed by atoms with Gasteiger partial charge in [0.15, 0.2) is 4.32 Å². The number of rotatable bonds is 3. The van der Waals surface area contributed by atoms with Crippen molar-refractivity contribution in [2.24, 2.45) is 5.10 Å². The van der Waals surface area contributed by atoms with Gasteiger partial charge in [-0.3, -0.25) is 4.79 Å². The van der Waals surface area contributed by atoms with Gasteiger partial charge in [-0.15, -0.1) is 0 Å². The lowest BCUT2D eigenvalue weighted by Gasteiger charge is -2.06. The maximum absolute atomic E-state index is 12.5. The van der Waals surface area contributed by atoms with Crippen LogP contribution in [0.25, 0.3) is 6.08 Å². The zero-order chi connectivity index (χ0) is 17.1. The second-order valence-corrected chi connectivity index (χ2v) is 7.39. The number of nitrogens with zero attached hydrogens (tertiary/aromatic N) is 2. The van der Waals surface area contributed by atoms with Gasteiger partial charge in [0.2, 0.25) is 0 Å². The summed E-state index contributed by atoms with van der Waals surface area (Å²) in [5.41, 5.74) is 1.71. The quantitative estimate of drug-likeness (QED) is 0.407. The van der Waals surface area contributed by atoms with E-state index in [1.807, 2.05) is 24.3 Å². The number of amides is 1. The second-order valence-electron chi connectivity index (χ2n) is 4.84. The van der Waals surface area contributed by atoms with Crippen molar-refractivity contribution in [2.45, 2.75) is 0 Å². The summed E-state index contributed by atoms with van der Waals surface area (Å²) >= 11 is 18.2. The number of benzene rings is 2. The lowest BCUT2D eigenvalue weighted by molar-refractivity contribution is -0.122. The molecule has 1 heterocycles. The molecule has 0 atom stereocenters. The Kier molecular flexibility index (Phi) is 5.36. The number of hydrogen-bond donors (Lipinski definition) is 0. The van der Waals surface area contributed by atoms with Gasteiger partial charge in [0.25, 0.3) is 5.91 Å². The van der Waals surface area contributed by atoms with Gasteiger partial charge >= 0.3 is 0 Å². The van der Waals surface area contributed by atoms with E-state index in [1.165, 1.54) is 16.8 Å². The number of thioether (sulfide) groups is 1. The zero-order valence-corrected chi connectivity index (χ0v) is 15.3. The molecule has 24 heavy (non-hydrogen) atoms.